The van der Waals surface area contributed by atoms with E-state index in [-0.39, 0.29) is 6.04 Å². The summed E-state index contributed by atoms with van der Waals surface area (Å²) < 4.78 is 0. The highest BCUT2D eigenvalue weighted by Gasteiger charge is 2.18. The summed E-state index contributed by atoms with van der Waals surface area (Å²) in [7, 11) is 0. The van der Waals surface area contributed by atoms with Crippen molar-refractivity contribution >= 4 is 0 Å². The molecule has 0 bridgehead atoms. The summed E-state index contributed by atoms with van der Waals surface area (Å²) in [6, 6.07) is 4.21. The lowest BCUT2D eigenvalue weighted by atomic mass is 10.0. The Labute approximate surface area is 91.5 Å². The second-order valence-corrected chi connectivity index (χ2v) is 4.23. The van der Waals surface area contributed by atoms with Crippen LogP contribution in [0, 0.1) is 0 Å². The second kappa shape index (κ2) is 5.24. The van der Waals surface area contributed by atoms with Crippen LogP contribution < -0.4 is 5.32 Å². The van der Waals surface area contributed by atoms with E-state index in [0.717, 1.165) is 6.42 Å². The summed E-state index contributed by atoms with van der Waals surface area (Å²) >= 11 is 0. The van der Waals surface area contributed by atoms with Crippen LogP contribution in [0.5, 0.6) is 0 Å². The second-order valence-electron chi connectivity index (χ2n) is 4.23. The maximum Gasteiger partial charge on any atom is 0.0741 e. The fourth-order valence-electron chi connectivity index (χ4n) is 1.27. The highest BCUT2D eigenvalue weighted by Crippen LogP contribution is 2.13. The Bertz CT molecular complexity index is 285. The summed E-state index contributed by atoms with van der Waals surface area (Å²) in [5, 5.41) is 13.2. The Kier molecular flexibility index (Phi) is 4.24. The minimum atomic E-state index is -0.624. The van der Waals surface area contributed by atoms with Gasteiger partial charge in [0.05, 0.1) is 5.60 Å². The van der Waals surface area contributed by atoms with Crippen LogP contribution >= 0.6 is 0 Å². The number of aliphatic hydroxyl groups is 1. The maximum atomic E-state index is 9.84. The number of nitrogens with zero attached hydrogens (tertiary/aromatic N) is 1. The molecule has 84 valence electrons. The fraction of sp³-hybridized carbons (Fsp3) is 0.583. The maximum absolute atomic E-state index is 9.84. The van der Waals surface area contributed by atoms with Gasteiger partial charge in [-0.15, -0.1) is 0 Å². The first kappa shape index (κ1) is 12.1. The number of pyridine rings is 1. The van der Waals surface area contributed by atoms with Gasteiger partial charge in [0, 0.05) is 25.0 Å². The molecule has 1 aromatic heterocycles. The van der Waals surface area contributed by atoms with Crippen molar-refractivity contribution in [1.29, 1.82) is 0 Å². The first-order chi connectivity index (χ1) is 7.05. The van der Waals surface area contributed by atoms with Crippen molar-refractivity contribution in [2.24, 2.45) is 0 Å². The number of hydrogen-bond acceptors (Lipinski definition) is 3. The van der Waals surface area contributed by atoms with Gasteiger partial charge in [-0.05, 0) is 38.0 Å². The lowest BCUT2D eigenvalue weighted by Crippen LogP contribution is -2.38. The van der Waals surface area contributed by atoms with Crippen molar-refractivity contribution < 1.29 is 5.11 Å². The Morgan fingerprint density at radius 1 is 1.47 bits per heavy atom. The van der Waals surface area contributed by atoms with E-state index >= 15 is 0 Å². The van der Waals surface area contributed by atoms with Gasteiger partial charge in [-0.25, -0.2) is 0 Å². The zero-order chi connectivity index (χ0) is 11.3. The first-order valence-corrected chi connectivity index (χ1v) is 5.41. The Hall–Kier alpha value is -0.930. The molecule has 0 radical (unpaired) electrons. The van der Waals surface area contributed by atoms with E-state index in [1.165, 1.54) is 5.56 Å². The number of aromatic nitrogens is 1. The van der Waals surface area contributed by atoms with E-state index in [9.17, 15) is 5.11 Å². The van der Waals surface area contributed by atoms with Crippen molar-refractivity contribution in [3.63, 3.8) is 0 Å². The van der Waals surface area contributed by atoms with Crippen LogP contribution in [0.15, 0.2) is 24.5 Å². The molecule has 0 aromatic carbocycles. The van der Waals surface area contributed by atoms with Gasteiger partial charge in [0.25, 0.3) is 0 Å². The first-order valence-electron chi connectivity index (χ1n) is 5.41. The molecule has 1 heterocycles. The van der Waals surface area contributed by atoms with Crippen LogP contribution in [-0.4, -0.2) is 22.2 Å². The molecule has 0 amide bonds. The van der Waals surface area contributed by atoms with E-state index in [2.05, 4.69) is 17.2 Å². The van der Waals surface area contributed by atoms with Crippen LogP contribution in [0.25, 0.3) is 0 Å². The van der Waals surface area contributed by atoms with Gasteiger partial charge >= 0.3 is 0 Å². The zero-order valence-electron chi connectivity index (χ0n) is 9.70. The molecule has 3 nitrogen and oxygen atoms in total. The molecular formula is C12H20N2O. The Morgan fingerprint density at radius 2 is 2.07 bits per heavy atom. The van der Waals surface area contributed by atoms with Crippen LogP contribution in [0.2, 0.25) is 0 Å². The number of hydrogen-bond donors (Lipinski definition) is 2. The van der Waals surface area contributed by atoms with Gasteiger partial charge in [-0.3, -0.25) is 4.98 Å². The smallest absolute Gasteiger partial charge is 0.0741 e. The molecule has 3 heteroatoms. The summed E-state index contributed by atoms with van der Waals surface area (Å²) in [6.07, 6.45) is 4.32. The lowest BCUT2D eigenvalue weighted by Gasteiger charge is -2.24. The summed E-state index contributed by atoms with van der Waals surface area (Å²) in [5.41, 5.74) is 0.568. The molecule has 0 saturated carbocycles. The van der Waals surface area contributed by atoms with Crippen molar-refractivity contribution in [1.82, 2.24) is 10.3 Å². The third kappa shape index (κ3) is 3.98. The van der Waals surface area contributed by atoms with Crippen molar-refractivity contribution in [2.45, 2.75) is 38.8 Å². The van der Waals surface area contributed by atoms with E-state index in [1.54, 1.807) is 12.4 Å². The van der Waals surface area contributed by atoms with Crippen LogP contribution in [0.4, 0.5) is 0 Å². The number of nitrogens with one attached hydrogen (secondary N) is 1. The van der Waals surface area contributed by atoms with E-state index in [1.807, 2.05) is 26.0 Å². The minimum absolute atomic E-state index is 0.242. The largest absolute Gasteiger partial charge is 0.389 e. The molecule has 0 fully saturated rings. The van der Waals surface area contributed by atoms with Gasteiger partial charge in [-0.2, -0.15) is 0 Å². The zero-order valence-corrected chi connectivity index (χ0v) is 9.70. The molecule has 0 spiro atoms. The molecule has 2 atom stereocenters. The van der Waals surface area contributed by atoms with Crippen molar-refractivity contribution in [2.75, 3.05) is 6.54 Å². The third-order valence-electron chi connectivity index (χ3n) is 2.76. The van der Waals surface area contributed by atoms with E-state index < -0.39 is 5.60 Å². The molecule has 0 saturated heterocycles. The fourth-order valence-corrected chi connectivity index (χ4v) is 1.27. The molecule has 2 N–H and O–H groups in total. The lowest BCUT2D eigenvalue weighted by molar-refractivity contribution is 0.0533. The normalized spacial score (nSPS) is 17.1. The predicted octanol–water partition coefficient (Wildman–Crippen LogP) is 1.89. The quantitative estimate of drug-likeness (QED) is 0.776. The Morgan fingerprint density at radius 3 is 2.60 bits per heavy atom. The predicted molar refractivity (Wildman–Crippen MR) is 61.6 cm³/mol. The molecule has 0 aliphatic heterocycles. The summed E-state index contributed by atoms with van der Waals surface area (Å²) in [4.78, 5) is 3.98. The number of rotatable bonds is 5. The highest BCUT2D eigenvalue weighted by atomic mass is 16.3. The van der Waals surface area contributed by atoms with Gasteiger partial charge in [-0.1, -0.05) is 6.92 Å². The van der Waals surface area contributed by atoms with E-state index in [0.29, 0.717) is 6.54 Å². The van der Waals surface area contributed by atoms with Gasteiger partial charge in [0.2, 0.25) is 0 Å². The third-order valence-corrected chi connectivity index (χ3v) is 2.76. The van der Waals surface area contributed by atoms with Crippen LogP contribution in [-0.2, 0) is 0 Å². The standard InChI is InChI=1S/C12H20N2O/c1-4-12(3,15)9-14-10(2)11-5-7-13-8-6-11/h5-8,10,14-15H,4,9H2,1-3H3/t10-,12?/m1/s1. The molecule has 0 aliphatic rings. The topological polar surface area (TPSA) is 45.1 Å². The van der Waals surface area contributed by atoms with Gasteiger partial charge in [0.1, 0.15) is 0 Å². The van der Waals surface area contributed by atoms with Crippen LogP contribution in [0.3, 0.4) is 0 Å². The molecule has 1 unspecified atom stereocenters. The average Bonchev–Trinajstić information content (AvgIpc) is 2.27. The summed E-state index contributed by atoms with van der Waals surface area (Å²) in [5.74, 6) is 0. The van der Waals surface area contributed by atoms with Gasteiger partial charge < -0.3 is 10.4 Å². The monoisotopic (exact) mass is 208 g/mol. The SMILES string of the molecule is CCC(C)(O)CN[C@H](C)c1ccncc1. The molecule has 1 rings (SSSR count). The molecule has 0 aliphatic carbocycles. The van der Waals surface area contributed by atoms with Crippen LogP contribution in [0.1, 0.15) is 38.8 Å². The Balaban J connectivity index is 2.47. The van der Waals surface area contributed by atoms with Gasteiger partial charge in [0.15, 0.2) is 0 Å². The molecule has 1 aromatic rings. The molecular weight excluding hydrogens is 188 g/mol. The highest BCUT2D eigenvalue weighted by molar-refractivity contribution is 5.13. The average molecular weight is 208 g/mol. The van der Waals surface area contributed by atoms with E-state index in [4.69, 9.17) is 0 Å². The minimum Gasteiger partial charge on any atom is -0.389 e. The van der Waals surface area contributed by atoms with Crippen molar-refractivity contribution in [3.05, 3.63) is 30.1 Å². The summed E-state index contributed by atoms with van der Waals surface area (Å²) in [6.45, 7) is 6.52. The van der Waals surface area contributed by atoms with Crippen molar-refractivity contribution in [3.8, 4) is 0 Å². The molecule has 15 heavy (non-hydrogen) atoms.